The molecular weight excluding hydrogens is 363 g/mol. The summed E-state index contributed by atoms with van der Waals surface area (Å²) in [5, 5.41) is 2.73. The number of esters is 1. The molecule has 1 aliphatic rings. The summed E-state index contributed by atoms with van der Waals surface area (Å²) in [7, 11) is 0. The topological polar surface area (TPSA) is 75.7 Å². The van der Waals surface area contributed by atoms with Crippen molar-refractivity contribution in [3.8, 4) is 0 Å². The van der Waals surface area contributed by atoms with Gasteiger partial charge in [0.25, 0.3) is 5.91 Å². The summed E-state index contributed by atoms with van der Waals surface area (Å²) in [6.07, 6.45) is 0.760. The highest BCUT2D eigenvalue weighted by Crippen LogP contribution is 2.26. The molecule has 1 atom stereocenters. The summed E-state index contributed by atoms with van der Waals surface area (Å²) in [5.74, 6) is -2.34. The number of benzene rings is 2. The number of rotatable bonds is 6. The standard InChI is InChI=1S/C21H21FN2O4/c1-2-14-5-3-4-6-18(14)23-19(25)13-28-21(27)15-11-20(26)24(12-15)17-9-7-16(22)8-10-17/h3-10,15H,2,11-13H2,1H3,(H,23,25)/t15-/m1/s1. The zero-order valence-corrected chi connectivity index (χ0v) is 15.5. The van der Waals surface area contributed by atoms with Gasteiger partial charge in [0.1, 0.15) is 5.82 Å². The minimum absolute atomic E-state index is 0.00348. The first-order chi connectivity index (χ1) is 13.5. The molecule has 2 aromatic carbocycles. The molecule has 0 aromatic heterocycles. The zero-order chi connectivity index (χ0) is 20.1. The molecule has 2 aromatic rings. The number of carbonyl (C=O) groups is 3. The van der Waals surface area contributed by atoms with Crippen LogP contribution in [0.3, 0.4) is 0 Å². The molecule has 1 fully saturated rings. The smallest absolute Gasteiger partial charge is 0.311 e. The molecule has 0 unspecified atom stereocenters. The second kappa shape index (κ2) is 8.65. The number of para-hydroxylation sites is 1. The van der Waals surface area contributed by atoms with Gasteiger partial charge in [-0.25, -0.2) is 4.39 Å². The lowest BCUT2D eigenvalue weighted by molar-refractivity contribution is -0.151. The Morgan fingerprint density at radius 1 is 1.18 bits per heavy atom. The summed E-state index contributed by atoms with van der Waals surface area (Å²) in [5.41, 5.74) is 2.19. The van der Waals surface area contributed by atoms with Crippen molar-refractivity contribution >= 4 is 29.2 Å². The molecule has 28 heavy (non-hydrogen) atoms. The third-order valence-corrected chi connectivity index (χ3v) is 4.61. The Kier molecular flexibility index (Phi) is 6.03. The van der Waals surface area contributed by atoms with E-state index in [0.29, 0.717) is 11.4 Å². The molecule has 1 N–H and O–H groups in total. The molecule has 0 radical (unpaired) electrons. The lowest BCUT2D eigenvalue weighted by atomic mass is 10.1. The highest BCUT2D eigenvalue weighted by molar-refractivity contribution is 6.00. The predicted molar refractivity (Wildman–Crippen MR) is 102 cm³/mol. The highest BCUT2D eigenvalue weighted by atomic mass is 19.1. The van der Waals surface area contributed by atoms with Gasteiger partial charge in [-0.05, 0) is 42.3 Å². The van der Waals surface area contributed by atoms with Gasteiger partial charge in [-0.2, -0.15) is 0 Å². The zero-order valence-electron chi connectivity index (χ0n) is 15.5. The number of aryl methyl sites for hydroxylation is 1. The molecule has 0 spiro atoms. The van der Waals surface area contributed by atoms with Gasteiger partial charge >= 0.3 is 5.97 Å². The third-order valence-electron chi connectivity index (χ3n) is 4.61. The number of hydrogen-bond acceptors (Lipinski definition) is 4. The molecular formula is C21H21FN2O4. The largest absolute Gasteiger partial charge is 0.455 e. The molecule has 146 valence electrons. The Morgan fingerprint density at radius 2 is 1.89 bits per heavy atom. The van der Waals surface area contributed by atoms with Gasteiger partial charge in [-0.15, -0.1) is 0 Å². The van der Waals surface area contributed by atoms with Crippen LogP contribution < -0.4 is 10.2 Å². The van der Waals surface area contributed by atoms with Crippen molar-refractivity contribution in [1.29, 1.82) is 0 Å². The van der Waals surface area contributed by atoms with Gasteiger partial charge in [0.2, 0.25) is 5.91 Å². The molecule has 6 nitrogen and oxygen atoms in total. The minimum Gasteiger partial charge on any atom is -0.455 e. The number of hydrogen-bond donors (Lipinski definition) is 1. The number of ether oxygens (including phenoxy) is 1. The lowest BCUT2D eigenvalue weighted by Crippen LogP contribution is -2.28. The first-order valence-corrected chi connectivity index (χ1v) is 9.08. The first kappa shape index (κ1) is 19.5. The SMILES string of the molecule is CCc1ccccc1NC(=O)COC(=O)[C@@H]1CC(=O)N(c2ccc(F)cc2)C1. The fourth-order valence-corrected chi connectivity index (χ4v) is 3.13. The van der Waals surface area contributed by atoms with Gasteiger partial charge in [0.15, 0.2) is 6.61 Å². The fourth-order valence-electron chi connectivity index (χ4n) is 3.13. The maximum atomic E-state index is 13.0. The molecule has 0 bridgehead atoms. The monoisotopic (exact) mass is 384 g/mol. The van der Waals surface area contributed by atoms with E-state index in [2.05, 4.69) is 5.32 Å². The van der Waals surface area contributed by atoms with Crippen LogP contribution in [-0.4, -0.2) is 30.9 Å². The normalized spacial score (nSPS) is 16.1. The van der Waals surface area contributed by atoms with Crippen molar-refractivity contribution in [2.24, 2.45) is 5.92 Å². The third kappa shape index (κ3) is 4.54. The molecule has 3 rings (SSSR count). The maximum absolute atomic E-state index is 13.0. The van der Waals surface area contributed by atoms with Crippen molar-refractivity contribution in [3.05, 3.63) is 59.9 Å². The molecule has 2 amide bonds. The summed E-state index contributed by atoms with van der Waals surface area (Å²) in [4.78, 5) is 37.9. The number of nitrogens with one attached hydrogen (secondary N) is 1. The lowest BCUT2D eigenvalue weighted by Gasteiger charge is -2.16. The van der Waals surface area contributed by atoms with E-state index in [0.717, 1.165) is 12.0 Å². The van der Waals surface area contributed by atoms with Gasteiger partial charge in [-0.3, -0.25) is 14.4 Å². The van der Waals surface area contributed by atoms with Crippen LogP contribution in [0.15, 0.2) is 48.5 Å². The van der Waals surface area contributed by atoms with Crippen LogP contribution in [0.4, 0.5) is 15.8 Å². The Labute approximate surface area is 162 Å². The molecule has 1 heterocycles. The van der Waals surface area contributed by atoms with Gasteiger partial charge in [0, 0.05) is 24.3 Å². The Balaban J connectivity index is 1.53. The summed E-state index contributed by atoms with van der Waals surface area (Å²) in [6, 6.07) is 12.9. The van der Waals surface area contributed by atoms with E-state index in [1.54, 1.807) is 6.07 Å². The van der Waals surface area contributed by atoms with E-state index >= 15 is 0 Å². The Bertz CT molecular complexity index is 882. The Hall–Kier alpha value is -3.22. The first-order valence-electron chi connectivity index (χ1n) is 9.08. The summed E-state index contributed by atoms with van der Waals surface area (Å²) >= 11 is 0. The quantitative estimate of drug-likeness (QED) is 0.777. The van der Waals surface area contributed by atoms with Crippen molar-refractivity contribution in [2.45, 2.75) is 19.8 Å². The molecule has 0 saturated carbocycles. The average Bonchev–Trinajstić information content (AvgIpc) is 3.09. The summed E-state index contributed by atoms with van der Waals surface area (Å²) in [6.45, 7) is 1.71. The fraction of sp³-hybridized carbons (Fsp3) is 0.286. The highest BCUT2D eigenvalue weighted by Gasteiger charge is 2.36. The Morgan fingerprint density at radius 3 is 2.61 bits per heavy atom. The maximum Gasteiger partial charge on any atom is 0.311 e. The number of amides is 2. The van der Waals surface area contributed by atoms with E-state index in [4.69, 9.17) is 4.74 Å². The molecule has 1 aliphatic heterocycles. The van der Waals surface area contributed by atoms with Crippen LogP contribution in [-0.2, 0) is 25.5 Å². The number of nitrogens with zero attached hydrogens (tertiary/aromatic N) is 1. The van der Waals surface area contributed by atoms with Crippen molar-refractivity contribution in [3.63, 3.8) is 0 Å². The van der Waals surface area contributed by atoms with Crippen LogP contribution >= 0.6 is 0 Å². The molecule has 1 saturated heterocycles. The van der Waals surface area contributed by atoms with Gasteiger partial charge in [0.05, 0.1) is 5.92 Å². The molecule has 7 heteroatoms. The number of carbonyl (C=O) groups excluding carboxylic acids is 3. The van der Waals surface area contributed by atoms with Crippen molar-refractivity contribution < 1.29 is 23.5 Å². The van der Waals surface area contributed by atoms with Crippen LogP contribution in [0.2, 0.25) is 0 Å². The van der Waals surface area contributed by atoms with E-state index in [1.807, 2.05) is 25.1 Å². The van der Waals surface area contributed by atoms with Crippen LogP contribution in [0.5, 0.6) is 0 Å². The van der Waals surface area contributed by atoms with E-state index in [9.17, 15) is 18.8 Å². The second-order valence-electron chi connectivity index (χ2n) is 6.55. The van der Waals surface area contributed by atoms with E-state index < -0.39 is 30.2 Å². The van der Waals surface area contributed by atoms with E-state index in [1.165, 1.54) is 29.2 Å². The van der Waals surface area contributed by atoms with Crippen LogP contribution in [0.25, 0.3) is 0 Å². The molecule has 0 aliphatic carbocycles. The number of anilines is 2. The predicted octanol–water partition coefficient (Wildman–Crippen LogP) is 2.92. The second-order valence-corrected chi connectivity index (χ2v) is 6.55. The van der Waals surface area contributed by atoms with Crippen molar-refractivity contribution in [2.75, 3.05) is 23.4 Å². The summed E-state index contributed by atoms with van der Waals surface area (Å²) < 4.78 is 18.1. The van der Waals surface area contributed by atoms with Gasteiger partial charge in [-0.1, -0.05) is 25.1 Å². The minimum atomic E-state index is -0.659. The van der Waals surface area contributed by atoms with Gasteiger partial charge < -0.3 is 15.0 Å². The van der Waals surface area contributed by atoms with E-state index in [-0.39, 0.29) is 18.9 Å². The number of halogens is 1. The van der Waals surface area contributed by atoms with Crippen LogP contribution in [0, 0.1) is 11.7 Å². The average molecular weight is 384 g/mol. The van der Waals surface area contributed by atoms with Crippen LogP contribution in [0.1, 0.15) is 18.9 Å². The van der Waals surface area contributed by atoms with Crippen molar-refractivity contribution in [1.82, 2.24) is 0 Å².